The molecule has 1 aromatic carbocycles. The Morgan fingerprint density at radius 3 is 2.23 bits per heavy atom. The van der Waals surface area contributed by atoms with Crippen molar-refractivity contribution in [3.8, 4) is 11.3 Å². The van der Waals surface area contributed by atoms with Crippen molar-refractivity contribution in [1.29, 1.82) is 0 Å². The third kappa shape index (κ3) is 8.98. The van der Waals surface area contributed by atoms with Gasteiger partial charge in [-0.15, -0.1) is 0 Å². The van der Waals surface area contributed by atoms with Crippen molar-refractivity contribution in [2.75, 3.05) is 24.7 Å². The van der Waals surface area contributed by atoms with Crippen LogP contribution in [0.1, 0.15) is 43.9 Å². The average molecular weight is 513 g/mol. The molecular formula is C23H33FN4O6S. The second-order valence-corrected chi connectivity index (χ2v) is 9.99. The number of rotatable bonds is 10. The van der Waals surface area contributed by atoms with Crippen molar-refractivity contribution in [3.63, 3.8) is 0 Å². The smallest absolute Gasteiger partial charge is 0.305 e. The van der Waals surface area contributed by atoms with Crippen LogP contribution in [0.3, 0.4) is 0 Å². The number of aliphatic hydroxyl groups is 2. The van der Waals surface area contributed by atoms with E-state index in [9.17, 15) is 27.8 Å². The summed E-state index contributed by atoms with van der Waals surface area (Å²) in [6, 6.07) is 5.49. The first kappa shape index (κ1) is 30.1. The third-order valence-electron chi connectivity index (χ3n) is 4.82. The monoisotopic (exact) mass is 512 g/mol. The van der Waals surface area contributed by atoms with Crippen LogP contribution in [0.15, 0.2) is 30.3 Å². The summed E-state index contributed by atoms with van der Waals surface area (Å²) in [7, 11) is -0.826. The molecule has 0 amide bonds. The zero-order valence-electron chi connectivity index (χ0n) is 20.4. The zero-order valence-corrected chi connectivity index (χ0v) is 21.2. The fourth-order valence-electron chi connectivity index (χ4n) is 3.05. The first-order valence-electron chi connectivity index (χ1n) is 10.7. The molecule has 1 aromatic heterocycles. The standard InChI is InChI=1S/C22H28FN3O6S.CH5N/c1-13(2)20-18(10-9-16(27)11-17(28)12-19(29)30)21(14-5-7-15(23)8-6-14)25-22(24-20)26(3)33(4,31)32;1-2/h5-10,13,16-17,27-28H,11-12H2,1-4H3,(H,29,30);2H2,1H3/b10-9+;. The lowest BCUT2D eigenvalue weighted by Crippen LogP contribution is -2.27. The minimum absolute atomic E-state index is 0.0601. The van der Waals surface area contributed by atoms with E-state index in [4.69, 9.17) is 5.11 Å². The number of aromatic nitrogens is 2. The summed E-state index contributed by atoms with van der Waals surface area (Å²) >= 11 is 0. The molecule has 35 heavy (non-hydrogen) atoms. The molecule has 10 nitrogen and oxygen atoms in total. The quantitative estimate of drug-likeness (QED) is 0.372. The number of benzene rings is 1. The highest BCUT2D eigenvalue weighted by molar-refractivity contribution is 7.92. The van der Waals surface area contributed by atoms with Crippen molar-refractivity contribution in [3.05, 3.63) is 47.4 Å². The normalized spacial score (nSPS) is 13.3. The van der Waals surface area contributed by atoms with Gasteiger partial charge in [-0.2, -0.15) is 0 Å². The average Bonchev–Trinajstić information content (AvgIpc) is 2.77. The van der Waals surface area contributed by atoms with Gasteiger partial charge in [-0.05, 0) is 37.2 Å². The van der Waals surface area contributed by atoms with E-state index in [0.717, 1.165) is 10.6 Å². The molecule has 0 spiro atoms. The van der Waals surface area contributed by atoms with Crippen LogP contribution in [0.2, 0.25) is 0 Å². The molecule has 194 valence electrons. The van der Waals surface area contributed by atoms with Gasteiger partial charge in [0.25, 0.3) is 0 Å². The summed E-state index contributed by atoms with van der Waals surface area (Å²) in [6.07, 6.45) is 0.860. The molecule has 2 aromatic rings. The lowest BCUT2D eigenvalue weighted by Gasteiger charge is -2.20. The van der Waals surface area contributed by atoms with Crippen LogP contribution >= 0.6 is 0 Å². The van der Waals surface area contributed by atoms with E-state index in [-0.39, 0.29) is 18.3 Å². The number of carboxylic acid groups (broad SMARTS) is 1. The van der Waals surface area contributed by atoms with E-state index >= 15 is 0 Å². The van der Waals surface area contributed by atoms with Crippen molar-refractivity contribution >= 4 is 28.0 Å². The van der Waals surface area contributed by atoms with Gasteiger partial charge >= 0.3 is 5.97 Å². The fraction of sp³-hybridized carbons (Fsp3) is 0.435. The second-order valence-electron chi connectivity index (χ2n) is 7.98. The van der Waals surface area contributed by atoms with Crippen molar-refractivity contribution < 1.29 is 32.9 Å². The van der Waals surface area contributed by atoms with Crippen LogP contribution in [-0.4, -0.2) is 72.2 Å². The second kappa shape index (κ2) is 13.2. The molecule has 0 fully saturated rings. The predicted molar refractivity (Wildman–Crippen MR) is 133 cm³/mol. The number of sulfonamides is 1. The lowest BCUT2D eigenvalue weighted by atomic mass is 9.97. The molecule has 1 heterocycles. The minimum Gasteiger partial charge on any atom is -0.481 e. The molecule has 0 saturated carbocycles. The molecule has 0 radical (unpaired) electrons. The Hall–Kier alpha value is -2.93. The van der Waals surface area contributed by atoms with E-state index in [1.807, 2.05) is 13.8 Å². The van der Waals surface area contributed by atoms with Crippen LogP contribution in [-0.2, 0) is 14.8 Å². The Morgan fingerprint density at radius 1 is 1.17 bits per heavy atom. The highest BCUT2D eigenvalue weighted by Crippen LogP contribution is 2.31. The first-order valence-corrected chi connectivity index (χ1v) is 12.6. The topological polar surface area (TPSA) is 167 Å². The van der Waals surface area contributed by atoms with Gasteiger partial charge in [0, 0.05) is 24.6 Å². The van der Waals surface area contributed by atoms with Gasteiger partial charge in [0.2, 0.25) is 16.0 Å². The molecule has 0 aliphatic rings. The number of nitrogens with zero attached hydrogens (tertiary/aromatic N) is 3. The highest BCUT2D eigenvalue weighted by Gasteiger charge is 2.22. The molecule has 2 unspecified atom stereocenters. The number of anilines is 1. The maximum absolute atomic E-state index is 13.5. The molecule has 0 aliphatic heterocycles. The number of hydrogen-bond acceptors (Lipinski definition) is 8. The lowest BCUT2D eigenvalue weighted by molar-refractivity contribution is -0.139. The zero-order chi connectivity index (χ0) is 26.9. The van der Waals surface area contributed by atoms with Crippen molar-refractivity contribution in [2.45, 2.75) is 44.8 Å². The molecular weight excluding hydrogens is 479 g/mol. The molecule has 0 aliphatic carbocycles. The Morgan fingerprint density at radius 2 is 1.74 bits per heavy atom. The van der Waals surface area contributed by atoms with E-state index in [1.54, 1.807) is 0 Å². The molecule has 2 atom stereocenters. The van der Waals surface area contributed by atoms with Gasteiger partial charge < -0.3 is 21.1 Å². The first-order chi connectivity index (χ1) is 16.3. The van der Waals surface area contributed by atoms with Crippen molar-refractivity contribution in [2.24, 2.45) is 5.73 Å². The summed E-state index contributed by atoms with van der Waals surface area (Å²) < 4.78 is 38.6. The maximum Gasteiger partial charge on any atom is 0.305 e. The number of carbonyl (C=O) groups is 1. The van der Waals surface area contributed by atoms with Gasteiger partial charge in [-0.3, -0.25) is 4.79 Å². The van der Waals surface area contributed by atoms with E-state index in [2.05, 4.69) is 15.7 Å². The van der Waals surface area contributed by atoms with Crippen LogP contribution in [0.5, 0.6) is 0 Å². The van der Waals surface area contributed by atoms with Gasteiger partial charge in [0.1, 0.15) is 5.82 Å². The van der Waals surface area contributed by atoms with Gasteiger partial charge in [-0.1, -0.05) is 26.0 Å². The van der Waals surface area contributed by atoms with Crippen LogP contribution in [0.4, 0.5) is 10.3 Å². The molecule has 2 rings (SSSR count). The Bertz CT molecular complexity index is 1120. The van der Waals surface area contributed by atoms with E-state index in [1.165, 1.54) is 50.5 Å². The largest absolute Gasteiger partial charge is 0.481 e. The summed E-state index contributed by atoms with van der Waals surface area (Å²) in [5, 5.41) is 28.8. The Kier molecular flexibility index (Phi) is 11.4. The van der Waals surface area contributed by atoms with Gasteiger partial charge in [-0.25, -0.2) is 27.1 Å². The SMILES string of the molecule is CC(C)c1nc(N(C)S(C)(=O)=O)nc(-c2ccc(F)cc2)c1/C=C/C(O)CC(O)CC(=O)O.CN. The number of halogens is 1. The minimum atomic E-state index is -3.65. The molecule has 0 bridgehead atoms. The van der Waals surface area contributed by atoms with Crippen LogP contribution in [0.25, 0.3) is 17.3 Å². The molecule has 0 saturated heterocycles. The van der Waals surface area contributed by atoms with Crippen molar-refractivity contribution in [1.82, 2.24) is 9.97 Å². The summed E-state index contributed by atoms with van der Waals surface area (Å²) in [5.41, 5.74) is 6.30. The maximum atomic E-state index is 13.5. The number of nitrogens with two attached hydrogens (primary N) is 1. The summed E-state index contributed by atoms with van der Waals surface area (Å²) in [5.74, 6) is -1.87. The van der Waals surface area contributed by atoms with Crippen LogP contribution < -0.4 is 10.0 Å². The van der Waals surface area contributed by atoms with Gasteiger partial charge in [0.15, 0.2) is 0 Å². The third-order valence-corrected chi connectivity index (χ3v) is 5.97. The predicted octanol–water partition coefficient (Wildman–Crippen LogP) is 1.98. The van der Waals surface area contributed by atoms with Crippen LogP contribution in [0, 0.1) is 5.82 Å². The number of aliphatic hydroxyl groups excluding tert-OH is 2. The van der Waals surface area contributed by atoms with E-state index < -0.39 is 40.4 Å². The number of carboxylic acids is 1. The Balaban J connectivity index is 0.00000298. The molecule has 12 heteroatoms. The summed E-state index contributed by atoms with van der Waals surface area (Å²) in [6.45, 7) is 3.71. The highest BCUT2D eigenvalue weighted by atomic mass is 32.2. The Labute approximate surface area is 205 Å². The number of hydrogen-bond donors (Lipinski definition) is 4. The summed E-state index contributed by atoms with van der Waals surface area (Å²) in [4.78, 5) is 19.6. The van der Waals surface area contributed by atoms with Gasteiger partial charge in [0.05, 0.1) is 36.3 Å². The molecule has 5 N–H and O–H groups in total. The fourth-order valence-corrected chi connectivity index (χ4v) is 3.42. The number of aliphatic carboxylic acids is 1. The van der Waals surface area contributed by atoms with E-state index in [0.29, 0.717) is 22.5 Å².